The van der Waals surface area contributed by atoms with Gasteiger partial charge < -0.3 is 14.1 Å². The molecule has 2 aromatic carbocycles. The maximum absolute atomic E-state index is 11.2. The summed E-state index contributed by atoms with van der Waals surface area (Å²) in [5.74, 6) is -0.314. The molecule has 0 bridgehead atoms. The second-order valence-corrected chi connectivity index (χ2v) is 8.73. The SMILES string of the molecule is O=C(O)c1cccc(CN2CCC(c3cn(CCc4ccoc4)c4ccccc34)CC2)c1. The Morgan fingerprint density at radius 3 is 2.66 bits per heavy atom. The fourth-order valence-electron chi connectivity index (χ4n) is 4.93. The third kappa shape index (κ3) is 4.34. The lowest BCUT2D eigenvalue weighted by Gasteiger charge is -2.32. The van der Waals surface area contributed by atoms with Crippen molar-refractivity contribution in [1.82, 2.24) is 9.47 Å². The van der Waals surface area contributed by atoms with Crippen LogP contribution in [-0.4, -0.2) is 33.6 Å². The van der Waals surface area contributed by atoms with Crippen molar-refractivity contribution in [1.29, 1.82) is 0 Å². The van der Waals surface area contributed by atoms with Crippen LogP contribution in [0.25, 0.3) is 10.9 Å². The Bertz CT molecular complexity index is 1200. The molecule has 1 fully saturated rings. The molecule has 0 spiro atoms. The minimum Gasteiger partial charge on any atom is -0.478 e. The lowest BCUT2D eigenvalue weighted by atomic mass is 9.89. The zero-order valence-corrected chi connectivity index (χ0v) is 18.1. The predicted octanol–water partition coefficient (Wildman–Crippen LogP) is 5.55. The highest BCUT2D eigenvalue weighted by Crippen LogP contribution is 2.35. The number of carboxylic acid groups (broad SMARTS) is 1. The number of likely N-dealkylation sites (tertiary alicyclic amines) is 1. The highest BCUT2D eigenvalue weighted by molar-refractivity contribution is 5.87. The molecule has 4 aromatic rings. The summed E-state index contributed by atoms with van der Waals surface area (Å²) >= 11 is 0. The molecule has 1 aliphatic heterocycles. The number of aromatic nitrogens is 1. The second kappa shape index (κ2) is 9.05. The van der Waals surface area contributed by atoms with Gasteiger partial charge in [0, 0.05) is 30.2 Å². The number of aromatic carboxylic acids is 1. The number of piperidine rings is 1. The molecule has 0 saturated carbocycles. The number of fused-ring (bicyclic) bond motifs is 1. The molecule has 5 heteroatoms. The minimum atomic E-state index is -0.866. The summed E-state index contributed by atoms with van der Waals surface area (Å²) in [6, 6.07) is 18.1. The summed E-state index contributed by atoms with van der Waals surface area (Å²) in [7, 11) is 0. The van der Waals surface area contributed by atoms with Gasteiger partial charge in [-0.15, -0.1) is 0 Å². The van der Waals surface area contributed by atoms with Crippen molar-refractivity contribution in [2.24, 2.45) is 0 Å². The topological polar surface area (TPSA) is 58.6 Å². The van der Waals surface area contributed by atoms with Gasteiger partial charge in [0.15, 0.2) is 0 Å². The molecule has 1 aliphatic rings. The van der Waals surface area contributed by atoms with Crippen LogP contribution in [0.1, 0.15) is 45.8 Å². The third-order valence-electron chi connectivity index (χ3n) is 6.65. The predicted molar refractivity (Wildman–Crippen MR) is 125 cm³/mol. The molecule has 3 heterocycles. The van der Waals surface area contributed by atoms with Gasteiger partial charge in [-0.1, -0.05) is 30.3 Å². The molecule has 1 N–H and O–H groups in total. The van der Waals surface area contributed by atoms with E-state index in [2.05, 4.69) is 39.9 Å². The van der Waals surface area contributed by atoms with Gasteiger partial charge >= 0.3 is 5.97 Å². The molecule has 0 radical (unpaired) electrons. The quantitative estimate of drug-likeness (QED) is 0.419. The van der Waals surface area contributed by atoms with Gasteiger partial charge in [-0.3, -0.25) is 4.90 Å². The average Bonchev–Trinajstić information content (AvgIpc) is 3.46. The maximum Gasteiger partial charge on any atom is 0.335 e. The van der Waals surface area contributed by atoms with Crippen LogP contribution in [0.5, 0.6) is 0 Å². The molecule has 0 amide bonds. The van der Waals surface area contributed by atoms with Crippen molar-refractivity contribution < 1.29 is 14.3 Å². The monoisotopic (exact) mass is 428 g/mol. The number of nitrogens with zero attached hydrogens (tertiary/aromatic N) is 2. The highest BCUT2D eigenvalue weighted by Gasteiger charge is 2.24. The van der Waals surface area contributed by atoms with Gasteiger partial charge in [-0.05, 0) is 79.2 Å². The first kappa shape index (κ1) is 20.6. The van der Waals surface area contributed by atoms with E-state index in [0.29, 0.717) is 11.5 Å². The summed E-state index contributed by atoms with van der Waals surface area (Å²) in [5.41, 5.74) is 5.42. The zero-order chi connectivity index (χ0) is 21.9. The first-order valence-electron chi connectivity index (χ1n) is 11.3. The number of hydrogen-bond donors (Lipinski definition) is 1. The van der Waals surface area contributed by atoms with E-state index >= 15 is 0 Å². The molecule has 2 aromatic heterocycles. The number of para-hydroxylation sites is 1. The fourth-order valence-corrected chi connectivity index (χ4v) is 4.93. The largest absolute Gasteiger partial charge is 0.478 e. The maximum atomic E-state index is 11.2. The van der Waals surface area contributed by atoms with Crippen LogP contribution in [0, 0.1) is 0 Å². The Morgan fingerprint density at radius 2 is 1.88 bits per heavy atom. The number of hydrogen-bond acceptors (Lipinski definition) is 3. The van der Waals surface area contributed by atoms with Crippen LogP contribution >= 0.6 is 0 Å². The minimum absolute atomic E-state index is 0.362. The molecular formula is C27H28N2O3. The highest BCUT2D eigenvalue weighted by atomic mass is 16.4. The number of rotatable bonds is 7. The number of aryl methyl sites for hydroxylation is 2. The zero-order valence-electron chi connectivity index (χ0n) is 18.1. The first-order valence-corrected chi connectivity index (χ1v) is 11.3. The smallest absolute Gasteiger partial charge is 0.335 e. The molecular weight excluding hydrogens is 400 g/mol. The molecule has 5 rings (SSSR count). The normalized spacial score (nSPS) is 15.4. The van der Waals surface area contributed by atoms with Gasteiger partial charge in [-0.2, -0.15) is 0 Å². The van der Waals surface area contributed by atoms with Crippen molar-refractivity contribution in [2.45, 2.75) is 38.3 Å². The first-order chi connectivity index (χ1) is 15.7. The van der Waals surface area contributed by atoms with E-state index in [4.69, 9.17) is 4.42 Å². The second-order valence-electron chi connectivity index (χ2n) is 8.73. The third-order valence-corrected chi connectivity index (χ3v) is 6.65. The lowest BCUT2D eigenvalue weighted by Crippen LogP contribution is -2.32. The molecule has 0 aliphatic carbocycles. The Morgan fingerprint density at radius 1 is 1.03 bits per heavy atom. The van der Waals surface area contributed by atoms with Crippen LogP contribution in [-0.2, 0) is 19.5 Å². The lowest BCUT2D eigenvalue weighted by molar-refractivity contribution is 0.0696. The van der Waals surface area contributed by atoms with Crippen LogP contribution in [0.4, 0.5) is 0 Å². The standard InChI is InChI=1S/C27H28N2O3/c30-27(31)23-5-3-4-21(16-23)17-28-12-9-22(10-13-28)25-18-29(14-8-20-11-15-32-19-20)26-7-2-1-6-24(25)26/h1-7,11,15-16,18-19,22H,8-10,12-14,17H2,(H,30,31). The van der Waals surface area contributed by atoms with Crippen molar-refractivity contribution >= 4 is 16.9 Å². The van der Waals surface area contributed by atoms with Gasteiger partial charge in [0.05, 0.1) is 18.1 Å². The Hall–Kier alpha value is -3.31. The van der Waals surface area contributed by atoms with E-state index in [-0.39, 0.29) is 0 Å². The van der Waals surface area contributed by atoms with Gasteiger partial charge in [0.25, 0.3) is 0 Å². The number of benzene rings is 2. The Balaban J connectivity index is 1.27. The number of carboxylic acids is 1. The fraction of sp³-hybridized carbons (Fsp3) is 0.296. The summed E-state index contributed by atoms with van der Waals surface area (Å²) in [6.07, 6.45) is 9.13. The molecule has 0 unspecified atom stereocenters. The van der Waals surface area contributed by atoms with E-state index in [1.807, 2.05) is 24.5 Å². The summed E-state index contributed by atoms with van der Waals surface area (Å²) in [5, 5.41) is 10.6. The molecule has 164 valence electrons. The summed E-state index contributed by atoms with van der Waals surface area (Å²) in [6.45, 7) is 3.80. The number of carbonyl (C=O) groups is 1. The van der Waals surface area contributed by atoms with Crippen LogP contribution in [0.2, 0.25) is 0 Å². The van der Waals surface area contributed by atoms with E-state index in [1.165, 1.54) is 22.0 Å². The Kier molecular flexibility index (Phi) is 5.82. The van der Waals surface area contributed by atoms with Crippen molar-refractivity contribution in [3.8, 4) is 0 Å². The van der Waals surface area contributed by atoms with Crippen molar-refractivity contribution in [3.63, 3.8) is 0 Å². The van der Waals surface area contributed by atoms with Gasteiger partial charge in [-0.25, -0.2) is 4.79 Å². The van der Waals surface area contributed by atoms with Crippen LogP contribution in [0.15, 0.2) is 77.7 Å². The summed E-state index contributed by atoms with van der Waals surface area (Å²) < 4.78 is 7.61. The van der Waals surface area contributed by atoms with Crippen LogP contribution < -0.4 is 0 Å². The molecule has 5 nitrogen and oxygen atoms in total. The van der Waals surface area contributed by atoms with Crippen molar-refractivity contribution in [2.75, 3.05) is 13.1 Å². The molecule has 1 saturated heterocycles. The van der Waals surface area contributed by atoms with Crippen LogP contribution in [0.3, 0.4) is 0 Å². The average molecular weight is 429 g/mol. The Labute approximate surface area is 187 Å². The molecule has 0 atom stereocenters. The summed E-state index contributed by atoms with van der Waals surface area (Å²) in [4.78, 5) is 13.7. The van der Waals surface area contributed by atoms with Gasteiger partial charge in [0.2, 0.25) is 0 Å². The number of furan rings is 1. The van der Waals surface area contributed by atoms with E-state index in [0.717, 1.165) is 51.0 Å². The van der Waals surface area contributed by atoms with E-state index in [9.17, 15) is 9.90 Å². The van der Waals surface area contributed by atoms with Gasteiger partial charge in [0.1, 0.15) is 0 Å². The van der Waals surface area contributed by atoms with E-state index in [1.54, 1.807) is 18.4 Å². The van der Waals surface area contributed by atoms with E-state index < -0.39 is 5.97 Å². The molecule has 32 heavy (non-hydrogen) atoms. The van der Waals surface area contributed by atoms with Crippen molar-refractivity contribution in [3.05, 3.63) is 95.6 Å².